The summed E-state index contributed by atoms with van der Waals surface area (Å²) in [6.45, 7) is 3.10. The summed E-state index contributed by atoms with van der Waals surface area (Å²) in [5.74, 6) is 0.801. The second-order valence-electron chi connectivity index (χ2n) is 6.08. The zero-order chi connectivity index (χ0) is 16.8. The Kier molecular flexibility index (Phi) is 5.67. The van der Waals surface area contributed by atoms with Crippen LogP contribution in [0.15, 0.2) is 46.9 Å². The van der Waals surface area contributed by atoms with Crippen molar-refractivity contribution >= 4 is 5.91 Å². The zero-order valence-electron chi connectivity index (χ0n) is 14.0. The molecule has 2 heterocycles. The van der Waals surface area contributed by atoms with E-state index in [1.165, 1.54) is 18.4 Å². The Bertz CT molecular complexity index is 648. The number of nitrogens with one attached hydrogen (secondary N) is 1. The van der Waals surface area contributed by atoms with E-state index in [0.717, 1.165) is 13.1 Å². The van der Waals surface area contributed by atoms with Gasteiger partial charge in [0.25, 0.3) is 5.91 Å². The van der Waals surface area contributed by atoms with Crippen LogP contribution in [0.1, 0.15) is 40.8 Å². The molecule has 3 rings (SSSR count). The number of nitrogens with zero attached hydrogens (tertiary/aromatic N) is 1. The van der Waals surface area contributed by atoms with Crippen LogP contribution in [-0.4, -0.2) is 37.6 Å². The summed E-state index contributed by atoms with van der Waals surface area (Å²) in [6.07, 6.45) is 2.44. The summed E-state index contributed by atoms with van der Waals surface area (Å²) in [7, 11) is 1.60. The first kappa shape index (κ1) is 16.7. The molecule has 1 saturated heterocycles. The quantitative estimate of drug-likeness (QED) is 0.849. The van der Waals surface area contributed by atoms with Crippen LogP contribution in [-0.2, 0) is 11.3 Å². The Hall–Kier alpha value is -2.11. The molecule has 24 heavy (non-hydrogen) atoms. The fourth-order valence-corrected chi connectivity index (χ4v) is 3.18. The van der Waals surface area contributed by atoms with Crippen LogP contribution in [0.4, 0.5) is 0 Å². The normalized spacial score (nSPS) is 16.2. The zero-order valence-corrected chi connectivity index (χ0v) is 14.0. The van der Waals surface area contributed by atoms with Gasteiger partial charge in [0.15, 0.2) is 5.76 Å². The van der Waals surface area contributed by atoms with Gasteiger partial charge in [-0.1, -0.05) is 30.3 Å². The molecule has 1 amide bonds. The number of benzene rings is 1. The molecular formula is C19H24N2O3. The molecule has 5 nitrogen and oxygen atoms in total. The predicted molar refractivity (Wildman–Crippen MR) is 91.7 cm³/mol. The summed E-state index contributed by atoms with van der Waals surface area (Å²) in [6, 6.07) is 14.0. The molecule has 1 aromatic carbocycles. The molecule has 1 fully saturated rings. The van der Waals surface area contributed by atoms with Gasteiger partial charge in [0.2, 0.25) is 0 Å². The first-order valence-corrected chi connectivity index (χ1v) is 8.43. The molecule has 2 aromatic rings. The van der Waals surface area contributed by atoms with Crippen LogP contribution in [0.25, 0.3) is 0 Å². The Morgan fingerprint density at radius 3 is 2.67 bits per heavy atom. The van der Waals surface area contributed by atoms with E-state index in [4.69, 9.17) is 9.15 Å². The average Bonchev–Trinajstić information content (AvgIpc) is 3.28. The summed E-state index contributed by atoms with van der Waals surface area (Å²) in [5, 5.41) is 3.01. The molecule has 0 radical (unpaired) electrons. The topological polar surface area (TPSA) is 54.7 Å². The van der Waals surface area contributed by atoms with E-state index < -0.39 is 0 Å². The minimum absolute atomic E-state index is 0.183. The molecule has 1 aromatic heterocycles. The highest BCUT2D eigenvalue weighted by Gasteiger charge is 2.24. The Morgan fingerprint density at radius 1 is 1.21 bits per heavy atom. The van der Waals surface area contributed by atoms with Crippen LogP contribution >= 0.6 is 0 Å². The third-order valence-corrected chi connectivity index (χ3v) is 4.39. The molecule has 0 saturated carbocycles. The maximum Gasteiger partial charge on any atom is 0.287 e. The number of hydrogen-bond acceptors (Lipinski definition) is 4. The largest absolute Gasteiger partial charge is 0.453 e. The SMILES string of the molecule is COCc1ccc(C(=O)NCC(c2ccccc2)N2CCCC2)o1. The first-order chi connectivity index (χ1) is 11.8. The van der Waals surface area contributed by atoms with Gasteiger partial charge < -0.3 is 14.5 Å². The van der Waals surface area contributed by atoms with E-state index in [1.807, 2.05) is 18.2 Å². The number of hydrogen-bond donors (Lipinski definition) is 1. The van der Waals surface area contributed by atoms with E-state index in [-0.39, 0.29) is 11.9 Å². The lowest BCUT2D eigenvalue weighted by molar-refractivity contribution is 0.0901. The standard InChI is InChI=1S/C19H24N2O3/c1-23-14-16-9-10-18(24-16)19(22)20-13-17(21-11-5-6-12-21)15-7-3-2-4-8-15/h2-4,7-10,17H,5-6,11-14H2,1H3,(H,20,22). The average molecular weight is 328 g/mol. The molecule has 0 spiro atoms. The van der Waals surface area contributed by atoms with Gasteiger partial charge in [-0.25, -0.2) is 0 Å². The summed E-state index contributed by atoms with van der Waals surface area (Å²) < 4.78 is 10.5. The monoisotopic (exact) mass is 328 g/mol. The molecular weight excluding hydrogens is 304 g/mol. The van der Waals surface area contributed by atoms with Gasteiger partial charge in [-0.15, -0.1) is 0 Å². The van der Waals surface area contributed by atoms with E-state index in [9.17, 15) is 4.79 Å². The van der Waals surface area contributed by atoms with Crippen molar-refractivity contribution < 1.29 is 13.9 Å². The minimum atomic E-state index is -0.183. The van der Waals surface area contributed by atoms with E-state index >= 15 is 0 Å². The van der Waals surface area contributed by atoms with Gasteiger partial charge in [0.05, 0.1) is 6.04 Å². The molecule has 1 atom stereocenters. The molecule has 1 N–H and O–H groups in total. The van der Waals surface area contributed by atoms with Gasteiger partial charge in [-0.3, -0.25) is 9.69 Å². The molecule has 1 unspecified atom stereocenters. The van der Waals surface area contributed by atoms with Crippen LogP contribution in [0, 0.1) is 0 Å². The second kappa shape index (κ2) is 8.13. The van der Waals surface area contributed by atoms with Crippen molar-refractivity contribution in [3.8, 4) is 0 Å². The molecule has 128 valence electrons. The number of carbonyl (C=O) groups excluding carboxylic acids is 1. The van der Waals surface area contributed by atoms with E-state index in [2.05, 4.69) is 22.3 Å². The van der Waals surface area contributed by atoms with Crippen molar-refractivity contribution in [1.29, 1.82) is 0 Å². The summed E-state index contributed by atoms with van der Waals surface area (Å²) in [5.41, 5.74) is 1.24. The molecule has 5 heteroatoms. The van der Waals surface area contributed by atoms with Gasteiger partial charge in [0.1, 0.15) is 12.4 Å². The van der Waals surface area contributed by atoms with E-state index in [0.29, 0.717) is 24.7 Å². The van der Waals surface area contributed by atoms with Crippen LogP contribution < -0.4 is 5.32 Å². The van der Waals surface area contributed by atoms with Crippen molar-refractivity contribution in [2.75, 3.05) is 26.7 Å². The van der Waals surface area contributed by atoms with E-state index in [1.54, 1.807) is 19.2 Å². The Balaban J connectivity index is 1.65. The number of amides is 1. The maximum absolute atomic E-state index is 12.3. The Labute approximate surface area is 142 Å². The molecule has 1 aliphatic heterocycles. The number of furan rings is 1. The highest BCUT2D eigenvalue weighted by Crippen LogP contribution is 2.24. The van der Waals surface area contributed by atoms with Crippen molar-refractivity contribution in [3.05, 3.63) is 59.5 Å². The van der Waals surface area contributed by atoms with Crippen molar-refractivity contribution in [1.82, 2.24) is 10.2 Å². The number of ether oxygens (including phenoxy) is 1. The molecule has 0 bridgehead atoms. The summed E-state index contributed by atoms with van der Waals surface area (Å²) >= 11 is 0. The highest BCUT2D eigenvalue weighted by atomic mass is 16.5. The van der Waals surface area contributed by atoms with Gasteiger partial charge in [-0.2, -0.15) is 0 Å². The summed E-state index contributed by atoms with van der Waals surface area (Å²) in [4.78, 5) is 14.8. The third kappa shape index (κ3) is 4.04. The number of rotatable bonds is 7. The number of methoxy groups -OCH3 is 1. The van der Waals surface area contributed by atoms with Crippen LogP contribution in [0.5, 0.6) is 0 Å². The van der Waals surface area contributed by atoms with Gasteiger partial charge >= 0.3 is 0 Å². The highest BCUT2D eigenvalue weighted by molar-refractivity contribution is 5.91. The van der Waals surface area contributed by atoms with Crippen molar-refractivity contribution in [2.24, 2.45) is 0 Å². The molecule has 1 aliphatic rings. The lowest BCUT2D eigenvalue weighted by Gasteiger charge is -2.28. The smallest absolute Gasteiger partial charge is 0.287 e. The minimum Gasteiger partial charge on any atom is -0.453 e. The molecule has 0 aliphatic carbocycles. The fourth-order valence-electron chi connectivity index (χ4n) is 3.18. The number of likely N-dealkylation sites (tertiary alicyclic amines) is 1. The number of carbonyl (C=O) groups is 1. The van der Waals surface area contributed by atoms with Crippen molar-refractivity contribution in [2.45, 2.75) is 25.5 Å². The predicted octanol–water partition coefficient (Wildman–Crippen LogP) is 2.99. The fraction of sp³-hybridized carbons (Fsp3) is 0.421. The Morgan fingerprint density at radius 2 is 1.96 bits per heavy atom. The lowest BCUT2D eigenvalue weighted by Crippen LogP contribution is -2.36. The third-order valence-electron chi connectivity index (χ3n) is 4.39. The maximum atomic E-state index is 12.3. The van der Waals surface area contributed by atoms with Gasteiger partial charge in [-0.05, 0) is 43.6 Å². The second-order valence-corrected chi connectivity index (χ2v) is 6.08. The van der Waals surface area contributed by atoms with Crippen LogP contribution in [0.3, 0.4) is 0 Å². The van der Waals surface area contributed by atoms with Gasteiger partial charge in [0, 0.05) is 13.7 Å². The lowest BCUT2D eigenvalue weighted by atomic mass is 10.1. The van der Waals surface area contributed by atoms with Crippen molar-refractivity contribution in [3.63, 3.8) is 0 Å². The first-order valence-electron chi connectivity index (χ1n) is 8.43. The van der Waals surface area contributed by atoms with Crippen LogP contribution in [0.2, 0.25) is 0 Å².